The molecule has 2 aromatic carbocycles. The van der Waals surface area contributed by atoms with E-state index >= 15 is 0 Å². The molecule has 1 atom stereocenters. The number of hydrogen-bond acceptors (Lipinski definition) is 1. The summed E-state index contributed by atoms with van der Waals surface area (Å²) in [7, 11) is 0. The molecule has 1 N–H and O–H groups in total. The Bertz CT molecular complexity index is 1020. The summed E-state index contributed by atoms with van der Waals surface area (Å²) in [6, 6.07) is 18.8. The molecule has 2 heterocycles. The Hall–Kier alpha value is -3.01. The molecule has 0 spiro atoms. The van der Waals surface area contributed by atoms with Crippen LogP contribution < -0.4 is 5.32 Å². The number of amides is 2. The first-order chi connectivity index (χ1) is 13.9. The number of carbonyl (C=O) groups is 1. The highest BCUT2D eigenvalue weighted by Crippen LogP contribution is 2.33. The Morgan fingerprint density at radius 2 is 1.76 bits per heavy atom. The lowest BCUT2D eigenvalue weighted by molar-refractivity contribution is 0.182. The predicted octanol–water partition coefficient (Wildman–Crippen LogP) is 5.87. The topological polar surface area (TPSA) is 37.3 Å². The van der Waals surface area contributed by atoms with Gasteiger partial charge in [-0.1, -0.05) is 44.2 Å². The summed E-state index contributed by atoms with van der Waals surface area (Å²) in [5.41, 5.74) is 6.85. The minimum Gasteiger partial charge on any atom is -0.348 e. The van der Waals surface area contributed by atoms with E-state index in [2.05, 4.69) is 86.2 Å². The van der Waals surface area contributed by atoms with Crippen LogP contribution in [0.4, 0.5) is 10.5 Å². The van der Waals surface area contributed by atoms with Gasteiger partial charge in [0.1, 0.15) is 0 Å². The number of rotatable bonds is 3. The zero-order valence-corrected chi connectivity index (χ0v) is 17.6. The van der Waals surface area contributed by atoms with Gasteiger partial charge in [0.15, 0.2) is 0 Å². The molecular formula is C25H29N3O. The van der Waals surface area contributed by atoms with Gasteiger partial charge in [0.05, 0.1) is 6.04 Å². The monoisotopic (exact) mass is 387 g/mol. The number of carbonyl (C=O) groups excluding carboxylic acids is 1. The van der Waals surface area contributed by atoms with Crippen molar-refractivity contribution in [1.82, 2.24) is 9.47 Å². The van der Waals surface area contributed by atoms with E-state index in [0.717, 1.165) is 23.5 Å². The van der Waals surface area contributed by atoms with Gasteiger partial charge >= 0.3 is 6.03 Å². The average molecular weight is 388 g/mol. The SMILES string of the molecule is Cc1ccc(NC(=O)N2CCn3cccc3C2c2ccc(C(C)C)cc2)cc1C. The molecule has 2 amide bonds. The molecule has 0 aliphatic carbocycles. The maximum absolute atomic E-state index is 13.3. The first-order valence-electron chi connectivity index (χ1n) is 10.3. The number of nitrogens with one attached hydrogen (secondary N) is 1. The number of benzene rings is 2. The summed E-state index contributed by atoms with van der Waals surface area (Å²) in [6.07, 6.45) is 2.10. The van der Waals surface area contributed by atoms with Crippen LogP contribution in [0.15, 0.2) is 60.8 Å². The predicted molar refractivity (Wildman–Crippen MR) is 118 cm³/mol. The third-order valence-corrected chi connectivity index (χ3v) is 5.98. The van der Waals surface area contributed by atoms with Crippen LogP contribution in [0.25, 0.3) is 0 Å². The van der Waals surface area contributed by atoms with Crippen LogP contribution in [0.1, 0.15) is 53.8 Å². The second kappa shape index (κ2) is 7.78. The second-order valence-corrected chi connectivity index (χ2v) is 8.27. The smallest absolute Gasteiger partial charge is 0.322 e. The van der Waals surface area contributed by atoms with Crippen molar-refractivity contribution in [2.24, 2.45) is 0 Å². The summed E-state index contributed by atoms with van der Waals surface area (Å²) in [4.78, 5) is 15.2. The quantitative estimate of drug-likeness (QED) is 0.600. The highest BCUT2D eigenvalue weighted by atomic mass is 16.2. The molecule has 0 saturated heterocycles. The molecule has 3 aromatic rings. The highest BCUT2D eigenvalue weighted by molar-refractivity contribution is 5.90. The maximum atomic E-state index is 13.3. The van der Waals surface area contributed by atoms with Gasteiger partial charge in [0, 0.05) is 30.7 Å². The molecule has 4 rings (SSSR count). The zero-order valence-electron chi connectivity index (χ0n) is 17.6. The Kier molecular flexibility index (Phi) is 5.18. The number of hydrogen-bond donors (Lipinski definition) is 1. The Morgan fingerprint density at radius 3 is 2.45 bits per heavy atom. The van der Waals surface area contributed by atoms with Crippen LogP contribution in [0, 0.1) is 13.8 Å². The van der Waals surface area contributed by atoms with E-state index < -0.39 is 0 Å². The van der Waals surface area contributed by atoms with E-state index in [1.165, 1.54) is 16.7 Å². The lowest BCUT2D eigenvalue weighted by atomic mass is 9.96. The van der Waals surface area contributed by atoms with Crippen molar-refractivity contribution in [2.75, 3.05) is 11.9 Å². The van der Waals surface area contributed by atoms with Crippen LogP contribution in [0.5, 0.6) is 0 Å². The highest BCUT2D eigenvalue weighted by Gasteiger charge is 2.32. The largest absolute Gasteiger partial charge is 0.348 e. The fourth-order valence-electron chi connectivity index (χ4n) is 4.03. The van der Waals surface area contributed by atoms with Gasteiger partial charge in [-0.25, -0.2) is 4.79 Å². The van der Waals surface area contributed by atoms with Gasteiger partial charge in [-0.3, -0.25) is 0 Å². The van der Waals surface area contributed by atoms with E-state index in [1.807, 2.05) is 17.0 Å². The fraction of sp³-hybridized carbons (Fsp3) is 0.320. The number of anilines is 1. The molecule has 4 nitrogen and oxygen atoms in total. The lowest BCUT2D eigenvalue weighted by Crippen LogP contribution is -2.44. The van der Waals surface area contributed by atoms with E-state index in [9.17, 15) is 4.79 Å². The molecule has 150 valence electrons. The summed E-state index contributed by atoms with van der Waals surface area (Å²) >= 11 is 0. The van der Waals surface area contributed by atoms with Crippen molar-refractivity contribution in [3.63, 3.8) is 0 Å². The van der Waals surface area contributed by atoms with Gasteiger partial charge in [0.25, 0.3) is 0 Å². The zero-order chi connectivity index (χ0) is 20.5. The second-order valence-electron chi connectivity index (χ2n) is 8.27. The number of nitrogens with zero attached hydrogens (tertiary/aromatic N) is 2. The average Bonchev–Trinajstić information content (AvgIpc) is 3.19. The summed E-state index contributed by atoms with van der Waals surface area (Å²) in [5.74, 6) is 0.489. The first kappa shape index (κ1) is 19.3. The van der Waals surface area contributed by atoms with E-state index in [0.29, 0.717) is 12.5 Å². The third-order valence-electron chi connectivity index (χ3n) is 5.98. The van der Waals surface area contributed by atoms with Gasteiger partial charge in [-0.2, -0.15) is 0 Å². The number of urea groups is 1. The van der Waals surface area contributed by atoms with Crippen molar-refractivity contribution in [2.45, 2.75) is 46.2 Å². The number of aryl methyl sites for hydroxylation is 2. The van der Waals surface area contributed by atoms with Crippen LogP contribution >= 0.6 is 0 Å². The van der Waals surface area contributed by atoms with E-state index in [4.69, 9.17) is 0 Å². The molecule has 1 unspecified atom stereocenters. The minimum atomic E-state index is -0.0912. The van der Waals surface area contributed by atoms with E-state index in [-0.39, 0.29) is 12.1 Å². The normalized spacial score (nSPS) is 16.0. The van der Waals surface area contributed by atoms with Gasteiger partial charge in [-0.15, -0.1) is 0 Å². The number of aromatic nitrogens is 1. The molecular weight excluding hydrogens is 358 g/mol. The van der Waals surface area contributed by atoms with Crippen LogP contribution in [-0.2, 0) is 6.54 Å². The summed E-state index contributed by atoms with van der Waals surface area (Å²) in [5, 5.41) is 3.11. The van der Waals surface area contributed by atoms with Gasteiger partial charge < -0.3 is 14.8 Å². The fourth-order valence-corrected chi connectivity index (χ4v) is 4.03. The molecule has 1 aliphatic heterocycles. The van der Waals surface area contributed by atoms with Gasteiger partial charge in [0.2, 0.25) is 0 Å². The summed E-state index contributed by atoms with van der Waals surface area (Å²) < 4.78 is 2.25. The van der Waals surface area contributed by atoms with Crippen molar-refractivity contribution in [1.29, 1.82) is 0 Å². The van der Waals surface area contributed by atoms with Crippen LogP contribution in [0.2, 0.25) is 0 Å². The summed E-state index contributed by atoms with van der Waals surface area (Å²) in [6.45, 7) is 10.0. The lowest BCUT2D eigenvalue weighted by Gasteiger charge is -2.37. The molecule has 1 aromatic heterocycles. The Labute approximate surface area is 173 Å². The van der Waals surface area contributed by atoms with Crippen molar-refractivity contribution in [3.05, 3.63) is 88.7 Å². The van der Waals surface area contributed by atoms with Crippen LogP contribution in [-0.4, -0.2) is 22.0 Å². The molecule has 0 fully saturated rings. The molecule has 1 aliphatic rings. The molecule has 0 saturated carbocycles. The first-order valence-corrected chi connectivity index (χ1v) is 10.3. The number of fused-ring (bicyclic) bond motifs is 1. The van der Waals surface area contributed by atoms with Crippen molar-refractivity contribution < 1.29 is 4.79 Å². The van der Waals surface area contributed by atoms with Crippen molar-refractivity contribution >= 4 is 11.7 Å². The molecule has 29 heavy (non-hydrogen) atoms. The molecule has 0 bridgehead atoms. The minimum absolute atomic E-state index is 0.0568. The maximum Gasteiger partial charge on any atom is 0.322 e. The Balaban J connectivity index is 1.65. The standard InChI is InChI=1S/C25H29N3O/c1-17(2)20-8-10-21(11-9-20)24-23-6-5-13-27(23)14-15-28(24)25(29)26-22-12-7-18(3)19(4)16-22/h5-13,16-17,24H,14-15H2,1-4H3,(H,26,29). The van der Waals surface area contributed by atoms with Gasteiger partial charge in [-0.05, 0) is 66.3 Å². The van der Waals surface area contributed by atoms with Crippen molar-refractivity contribution in [3.8, 4) is 0 Å². The Morgan fingerprint density at radius 1 is 1.00 bits per heavy atom. The molecule has 4 heteroatoms. The van der Waals surface area contributed by atoms with E-state index in [1.54, 1.807) is 0 Å². The third kappa shape index (κ3) is 3.80. The van der Waals surface area contributed by atoms with Crippen LogP contribution in [0.3, 0.4) is 0 Å². The molecule has 0 radical (unpaired) electrons.